The second-order valence-electron chi connectivity index (χ2n) is 3.24. The molecule has 0 aromatic heterocycles. The second-order valence-corrected chi connectivity index (χ2v) is 3.24. The van der Waals surface area contributed by atoms with Gasteiger partial charge in [-0.2, -0.15) is 10.4 Å². The van der Waals surface area contributed by atoms with E-state index in [1.165, 1.54) is 6.34 Å². The zero-order valence-electron chi connectivity index (χ0n) is 10.3. The topological polar surface area (TPSA) is 84.9 Å². The number of rotatable bonds is 3. The molecule has 92 valence electrons. The lowest BCUT2D eigenvalue weighted by atomic mass is 10.1. The van der Waals surface area contributed by atoms with E-state index in [9.17, 15) is 0 Å². The summed E-state index contributed by atoms with van der Waals surface area (Å²) in [5.74, 6) is 0.313. The van der Waals surface area contributed by atoms with Crippen LogP contribution in [0, 0.1) is 11.5 Å². The molecule has 18 heavy (non-hydrogen) atoms. The zero-order chi connectivity index (χ0) is 13.2. The number of hydrazone groups is 1. The third kappa shape index (κ3) is 4.45. The van der Waals surface area contributed by atoms with Gasteiger partial charge < -0.3 is 0 Å². The number of aliphatic imine (C=N–C) groups is 2. The van der Waals surface area contributed by atoms with E-state index in [2.05, 4.69) is 25.8 Å². The van der Waals surface area contributed by atoms with Gasteiger partial charge in [0.1, 0.15) is 6.34 Å². The second kappa shape index (κ2) is 7.57. The van der Waals surface area contributed by atoms with Crippen LogP contribution < -0.4 is 10.7 Å². The smallest absolute Gasteiger partial charge is 0.239 e. The van der Waals surface area contributed by atoms with Crippen molar-refractivity contribution >= 4 is 18.0 Å². The molecule has 6 nitrogen and oxygen atoms in total. The average Bonchev–Trinajstić information content (AvgIpc) is 2.43. The third-order valence-electron chi connectivity index (χ3n) is 2.04. The van der Waals surface area contributed by atoms with Gasteiger partial charge in [-0.1, -0.05) is 30.3 Å². The van der Waals surface area contributed by atoms with Crippen LogP contribution >= 0.6 is 0 Å². The molecule has 0 aliphatic heterocycles. The molecule has 1 rings (SSSR count). The van der Waals surface area contributed by atoms with E-state index < -0.39 is 0 Å². The molecule has 1 aromatic rings. The fraction of sp³-hybridized carbons (Fsp3) is 0.167. The van der Waals surface area contributed by atoms with E-state index in [1.807, 2.05) is 37.3 Å². The van der Waals surface area contributed by atoms with Crippen molar-refractivity contribution in [3.63, 3.8) is 0 Å². The maximum absolute atomic E-state index is 8.28. The van der Waals surface area contributed by atoms with Crippen LogP contribution in [-0.2, 0) is 0 Å². The van der Waals surface area contributed by atoms with E-state index in [4.69, 9.17) is 5.26 Å². The van der Waals surface area contributed by atoms with Crippen LogP contribution in [0.4, 0.5) is 0 Å². The molecule has 0 atom stereocenters. The van der Waals surface area contributed by atoms with Crippen molar-refractivity contribution in [2.24, 2.45) is 15.1 Å². The Hall–Kier alpha value is -2.68. The van der Waals surface area contributed by atoms with Crippen molar-refractivity contribution in [3.8, 4) is 6.19 Å². The first-order valence-corrected chi connectivity index (χ1v) is 5.27. The van der Waals surface area contributed by atoms with Crippen molar-refractivity contribution in [1.29, 1.82) is 5.26 Å². The number of nitriles is 1. The summed E-state index contributed by atoms with van der Waals surface area (Å²) in [7, 11) is 1.58. The van der Waals surface area contributed by atoms with Gasteiger partial charge in [-0.3, -0.25) is 10.3 Å². The Balaban J connectivity index is 2.65. The number of hydrogen-bond donors (Lipinski definition) is 2. The lowest BCUT2D eigenvalue weighted by molar-refractivity contribution is 0.996. The van der Waals surface area contributed by atoms with Gasteiger partial charge >= 0.3 is 0 Å². The van der Waals surface area contributed by atoms with Gasteiger partial charge in [0.2, 0.25) is 5.96 Å². The number of nitrogens with one attached hydrogen (secondary N) is 2. The Labute approximate surface area is 106 Å². The van der Waals surface area contributed by atoms with Crippen LogP contribution in [0.15, 0.2) is 45.4 Å². The molecule has 1 aromatic carbocycles. The van der Waals surface area contributed by atoms with Crippen LogP contribution in [0.2, 0.25) is 0 Å². The Morgan fingerprint density at radius 2 is 2.06 bits per heavy atom. The van der Waals surface area contributed by atoms with Crippen LogP contribution in [0.3, 0.4) is 0 Å². The lowest BCUT2D eigenvalue weighted by Crippen LogP contribution is -2.19. The van der Waals surface area contributed by atoms with Crippen molar-refractivity contribution in [3.05, 3.63) is 35.9 Å². The molecule has 0 aliphatic carbocycles. The summed E-state index contributed by atoms with van der Waals surface area (Å²) >= 11 is 0. The highest BCUT2D eigenvalue weighted by molar-refractivity contribution is 5.99. The first-order valence-electron chi connectivity index (χ1n) is 5.27. The Morgan fingerprint density at radius 1 is 1.33 bits per heavy atom. The largest absolute Gasteiger partial charge is 0.283 e. The molecule has 0 unspecified atom stereocenters. The van der Waals surface area contributed by atoms with E-state index in [-0.39, 0.29) is 0 Å². The molecular formula is C12H14N6. The fourth-order valence-corrected chi connectivity index (χ4v) is 1.14. The maximum atomic E-state index is 8.28. The van der Waals surface area contributed by atoms with Gasteiger partial charge in [0, 0.05) is 7.05 Å². The Morgan fingerprint density at radius 3 is 2.67 bits per heavy atom. The van der Waals surface area contributed by atoms with Gasteiger partial charge in [0.05, 0.1) is 5.71 Å². The van der Waals surface area contributed by atoms with Crippen LogP contribution in [0.25, 0.3) is 0 Å². The summed E-state index contributed by atoms with van der Waals surface area (Å²) in [6.07, 6.45) is 2.96. The number of hydrogen-bond acceptors (Lipinski definition) is 3. The summed E-state index contributed by atoms with van der Waals surface area (Å²) in [4.78, 5) is 7.75. The molecule has 0 bridgehead atoms. The van der Waals surface area contributed by atoms with Crippen LogP contribution in [0.5, 0.6) is 0 Å². The maximum Gasteiger partial charge on any atom is 0.239 e. The summed E-state index contributed by atoms with van der Waals surface area (Å²) < 4.78 is 0. The van der Waals surface area contributed by atoms with E-state index in [0.717, 1.165) is 11.3 Å². The minimum absolute atomic E-state index is 0.313. The van der Waals surface area contributed by atoms with Crippen molar-refractivity contribution in [2.45, 2.75) is 6.92 Å². The molecule has 0 aliphatic rings. The zero-order valence-corrected chi connectivity index (χ0v) is 10.3. The van der Waals surface area contributed by atoms with Crippen LogP contribution in [-0.4, -0.2) is 25.1 Å². The average molecular weight is 242 g/mol. The number of benzene rings is 1. The Bertz CT molecular complexity index is 495. The predicted octanol–water partition coefficient (Wildman–Crippen LogP) is 1.08. The minimum Gasteiger partial charge on any atom is -0.283 e. The molecule has 0 amide bonds. The summed E-state index contributed by atoms with van der Waals surface area (Å²) in [5, 5.41) is 14.7. The lowest BCUT2D eigenvalue weighted by Gasteiger charge is -2.02. The molecule has 2 N–H and O–H groups in total. The quantitative estimate of drug-likeness (QED) is 0.273. The molecule has 0 heterocycles. The molecule has 6 heteroatoms. The molecule has 0 saturated carbocycles. The van der Waals surface area contributed by atoms with Crippen molar-refractivity contribution in [2.75, 3.05) is 7.05 Å². The molecule has 0 saturated heterocycles. The number of nitrogens with zero attached hydrogens (tertiary/aromatic N) is 4. The van der Waals surface area contributed by atoms with E-state index in [1.54, 1.807) is 13.2 Å². The first-order chi connectivity index (χ1) is 8.77. The normalized spacial score (nSPS) is 12.3. The molecule has 0 fully saturated rings. The van der Waals surface area contributed by atoms with Gasteiger partial charge in [-0.15, -0.1) is 0 Å². The van der Waals surface area contributed by atoms with Gasteiger partial charge in [-0.05, 0) is 12.5 Å². The highest BCUT2D eigenvalue weighted by Crippen LogP contribution is 1.99. The standard InChI is InChI=1S/C12H14N6/c1-10(11-6-4-3-5-7-11)17-18-12(14-2)16-9-15-8-13/h3-7,9H,1-2H3,(H2,14,15,16,18)/b17-10+. The fourth-order valence-electron chi connectivity index (χ4n) is 1.14. The van der Waals surface area contributed by atoms with E-state index in [0.29, 0.717) is 5.96 Å². The minimum atomic E-state index is 0.313. The number of guanidine groups is 1. The van der Waals surface area contributed by atoms with Crippen molar-refractivity contribution < 1.29 is 0 Å². The van der Waals surface area contributed by atoms with Crippen LogP contribution in [0.1, 0.15) is 12.5 Å². The van der Waals surface area contributed by atoms with Crippen molar-refractivity contribution in [1.82, 2.24) is 10.7 Å². The highest BCUT2D eigenvalue weighted by Gasteiger charge is 1.96. The summed E-state index contributed by atoms with van der Waals surface area (Å²) in [6.45, 7) is 1.88. The third-order valence-corrected chi connectivity index (χ3v) is 2.04. The highest BCUT2D eigenvalue weighted by atomic mass is 15.4. The molecular weight excluding hydrogens is 228 g/mol. The van der Waals surface area contributed by atoms with Gasteiger partial charge in [0.25, 0.3) is 0 Å². The first kappa shape index (κ1) is 13.4. The SMILES string of the molecule is CN=C(N=CNC#N)N/N=C(\C)c1ccccc1. The van der Waals surface area contributed by atoms with Gasteiger partial charge in [-0.25, -0.2) is 10.4 Å². The monoisotopic (exact) mass is 242 g/mol. The predicted molar refractivity (Wildman–Crippen MR) is 72.4 cm³/mol. The summed E-state index contributed by atoms with van der Waals surface area (Å²) in [6, 6.07) is 9.75. The Kier molecular flexibility index (Phi) is 5.63. The summed E-state index contributed by atoms with van der Waals surface area (Å²) in [5.41, 5.74) is 4.55. The van der Waals surface area contributed by atoms with Gasteiger partial charge in [0.15, 0.2) is 6.19 Å². The molecule has 0 radical (unpaired) electrons. The van der Waals surface area contributed by atoms with E-state index >= 15 is 0 Å². The molecule has 0 spiro atoms.